The number of ether oxygens (including phenoxy) is 2. The van der Waals surface area contributed by atoms with E-state index in [1.807, 2.05) is 32.9 Å². The predicted octanol–water partition coefficient (Wildman–Crippen LogP) is 3.78. The van der Waals surface area contributed by atoms with Gasteiger partial charge in [0.05, 0.1) is 17.7 Å². The third kappa shape index (κ3) is 4.29. The first-order chi connectivity index (χ1) is 9.10. The average Bonchev–Trinajstić information content (AvgIpc) is 3.15. The molecule has 19 heavy (non-hydrogen) atoms. The molecule has 4 heteroatoms. The summed E-state index contributed by atoms with van der Waals surface area (Å²) in [6.45, 7) is 7.35. The topological polar surface area (TPSA) is 30.5 Å². The van der Waals surface area contributed by atoms with Crippen molar-refractivity contribution in [1.82, 2.24) is 5.32 Å². The van der Waals surface area contributed by atoms with Crippen LogP contribution in [0.2, 0.25) is 5.02 Å². The summed E-state index contributed by atoms with van der Waals surface area (Å²) < 4.78 is 11.4. The minimum atomic E-state index is 0.0761. The molecule has 1 aliphatic carbocycles. The molecule has 0 amide bonds. The van der Waals surface area contributed by atoms with Gasteiger partial charge in [-0.2, -0.15) is 0 Å². The Hall–Kier alpha value is -0.930. The van der Waals surface area contributed by atoms with Gasteiger partial charge in [0.2, 0.25) is 0 Å². The van der Waals surface area contributed by atoms with Gasteiger partial charge in [0.25, 0.3) is 0 Å². The van der Waals surface area contributed by atoms with Crippen LogP contribution in [0.1, 0.15) is 39.2 Å². The molecule has 0 saturated heterocycles. The first-order valence-electron chi connectivity index (χ1n) is 6.95. The number of benzene rings is 1. The first-order valence-corrected chi connectivity index (χ1v) is 7.33. The number of hydrogen-bond acceptors (Lipinski definition) is 3. The summed E-state index contributed by atoms with van der Waals surface area (Å²) in [5, 5.41) is 4.09. The highest BCUT2D eigenvalue weighted by molar-refractivity contribution is 6.32. The molecule has 0 aliphatic heterocycles. The van der Waals surface area contributed by atoms with Crippen molar-refractivity contribution in [3.63, 3.8) is 0 Å². The fraction of sp³-hybridized carbons (Fsp3) is 0.600. The molecule has 3 nitrogen and oxygen atoms in total. The Kier molecular flexibility index (Phi) is 4.94. The van der Waals surface area contributed by atoms with E-state index in [2.05, 4.69) is 5.32 Å². The van der Waals surface area contributed by atoms with Crippen LogP contribution in [0.25, 0.3) is 0 Å². The molecule has 1 aromatic carbocycles. The second-order valence-corrected chi connectivity index (χ2v) is 5.57. The van der Waals surface area contributed by atoms with Gasteiger partial charge >= 0.3 is 0 Å². The van der Waals surface area contributed by atoms with E-state index in [-0.39, 0.29) is 6.10 Å². The zero-order chi connectivity index (χ0) is 13.8. The molecule has 1 fully saturated rings. The van der Waals surface area contributed by atoms with Gasteiger partial charge in [-0.05, 0) is 51.3 Å². The quantitative estimate of drug-likeness (QED) is 0.826. The van der Waals surface area contributed by atoms with Gasteiger partial charge in [-0.15, -0.1) is 0 Å². The van der Waals surface area contributed by atoms with E-state index in [0.717, 1.165) is 17.9 Å². The number of halogens is 1. The highest BCUT2D eigenvalue weighted by Crippen LogP contribution is 2.37. The van der Waals surface area contributed by atoms with Gasteiger partial charge in [0, 0.05) is 12.6 Å². The Morgan fingerprint density at radius 3 is 2.68 bits per heavy atom. The van der Waals surface area contributed by atoms with Crippen molar-refractivity contribution < 1.29 is 9.47 Å². The Bertz CT molecular complexity index is 430. The molecule has 0 radical (unpaired) electrons. The molecule has 0 atom stereocenters. The minimum Gasteiger partial charge on any atom is -0.490 e. The van der Waals surface area contributed by atoms with Crippen molar-refractivity contribution >= 4 is 11.6 Å². The Balaban J connectivity index is 2.16. The number of hydrogen-bond donors (Lipinski definition) is 1. The van der Waals surface area contributed by atoms with E-state index in [1.165, 1.54) is 12.8 Å². The predicted molar refractivity (Wildman–Crippen MR) is 78.2 cm³/mol. The summed E-state index contributed by atoms with van der Waals surface area (Å²) in [5.41, 5.74) is 1.14. The van der Waals surface area contributed by atoms with Gasteiger partial charge in [0.15, 0.2) is 11.5 Å². The van der Waals surface area contributed by atoms with E-state index in [9.17, 15) is 0 Å². The average molecular weight is 284 g/mol. The molecule has 1 aliphatic rings. The first kappa shape index (κ1) is 14.5. The maximum Gasteiger partial charge on any atom is 0.180 e. The molecular weight excluding hydrogens is 262 g/mol. The third-order valence-electron chi connectivity index (χ3n) is 2.89. The highest BCUT2D eigenvalue weighted by Gasteiger charge is 2.21. The molecule has 1 saturated carbocycles. The monoisotopic (exact) mass is 283 g/mol. The molecule has 2 rings (SSSR count). The van der Waals surface area contributed by atoms with Gasteiger partial charge in [-0.1, -0.05) is 11.6 Å². The largest absolute Gasteiger partial charge is 0.490 e. The summed E-state index contributed by atoms with van der Waals surface area (Å²) in [6, 6.07) is 4.65. The molecular formula is C15H22ClNO2. The molecule has 0 unspecified atom stereocenters. The Labute approximate surface area is 120 Å². The second-order valence-electron chi connectivity index (χ2n) is 5.16. The molecule has 0 spiro atoms. The van der Waals surface area contributed by atoms with Crippen molar-refractivity contribution in [3.8, 4) is 11.5 Å². The van der Waals surface area contributed by atoms with Gasteiger partial charge in [-0.3, -0.25) is 0 Å². The van der Waals surface area contributed by atoms with Crippen molar-refractivity contribution in [2.24, 2.45) is 0 Å². The molecule has 1 N–H and O–H groups in total. The highest BCUT2D eigenvalue weighted by atomic mass is 35.5. The van der Waals surface area contributed by atoms with Crippen LogP contribution in [-0.2, 0) is 6.54 Å². The second kappa shape index (κ2) is 6.49. The lowest BCUT2D eigenvalue weighted by Gasteiger charge is -2.17. The van der Waals surface area contributed by atoms with Crippen LogP contribution in [0.5, 0.6) is 11.5 Å². The van der Waals surface area contributed by atoms with E-state index >= 15 is 0 Å². The minimum absolute atomic E-state index is 0.0761. The lowest BCUT2D eigenvalue weighted by atomic mass is 10.2. The van der Waals surface area contributed by atoms with Gasteiger partial charge in [0.1, 0.15) is 0 Å². The van der Waals surface area contributed by atoms with Crippen molar-refractivity contribution in [1.29, 1.82) is 0 Å². The number of nitrogens with one attached hydrogen (secondary N) is 1. The number of rotatable bonds is 7. The smallest absolute Gasteiger partial charge is 0.180 e. The van der Waals surface area contributed by atoms with Gasteiger partial charge < -0.3 is 14.8 Å². The van der Waals surface area contributed by atoms with E-state index in [4.69, 9.17) is 21.1 Å². The van der Waals surface area contributed by atoms with Crippen LogP contribution in [0.4, 0.5) is 0 Å². The Morgan fingerprint density at radius 2 is 2.11 bits per heavy atom. The van der Waals surface area contributed by atoms with E-state index < -0.39 is 0 Å². The fourth-order valence-electron chi connectivity index (χ4n) is 1.89. The summed E-state index contributed by atoms with van der Waals surface area (Å²) >= 11 is 6.31. The van der Waals surface area contributed by atoms with Crippen LogP contribution in [0.15, 0.2) is 12.1 Å². The lowest BCUT2D eigenvalue weighted by molar-refractivity contribution is 0.224. The Morgan fingerprint density at radius 1 is 1.37 bits per heavy atom. The summed E-state index contributed by atoms with van der Waals surface area (Å²) in [5.74, 6) is 1.38. The van der Waals surface area contributed by atoms with Crippen molar-refractivity contribution in [3.05, 3.63) is 22.7 Å². The lowest BCUT2D eigenvalue weighted by Crippen LogP contribution is -2.15. The standard InChI is InChI=1S/C15H22ClNO2/c1-4-18-14-8-11(9-17-12-5-6-12)7-13(16)15(14)19-10(2)3/h7-8,10,12,17H,4-6,9H2,1-3H3. The van der Waals surface area contributed by atoms with E-state index in [1.54, 1.807) is 0 Å². The van der Waals surface area contributed by atoms with Crippen molar-refractivity contribution in [2.45, 2.75) is 52.3 Å². The maximum atomic E-state index is 6.31. The summed E-state index contributed by atoms with van der Waals surface area (Å²) in [4.78, 5) is 0. The molecule has 0 aromatic heterocycles. The molecule has 0 bridgehead atoms. The van der Waals surface area contributed by atoms with Crippen LogP contribution < -0.4 is 14.8 Å². The van der Waals surface area contributed by atoms with E-state index in [0.29, 0.717) is 23.4 Å². The molecule has 1 aromatic rings. The zero-order valence-corrected chi connectivity index (χ0v) is 12.6. The van der Waals surface area contributed by atoms with Crippen LogP contribution in [0, 0.1) is 0 Å². The van der Waals surface area contributed by atoms with Crippen LogP contribution in [-0.4, -0.2) is 18.8 Å². The van der Waals surface area contributed by atoms with Crippen molar-refractivity contribution in [2.75, 3.05) is 6.61 Å². The summed E-state index contributed by atoms with van der Waals surface area (Å²) in [7, 11) is 0. The summed E-state index contributed by atoms with van der Waals surface area (Å²) in [6.07, 6.45) is 2.63. The van der Waals surface area contributed by atoms with Gasteiger partial charge in [-0.25, -0.2) is 0 Å². The molecule has 0 heterocycles. The zero-order valence-electron chi connectivity index (χ0n) is 11.8. The SMILES string of the molecule is CCOc1cc(CNC2CC2)cc(Cl)c1OC(C)C. The molecule has 106 valence electrons. The van der Waals surface area contributed by atoms with Crippen LogP contribution in [0.3, 0.4) is 0 Å². The third-order valence-corrected chi connectivity index (χ3v) is 3.18. The maximum absolute atomic E-state index is 6.31. The fourth-order valence-corrected chi connectivity index (χ4v) is 2.16. The van der Waals surface area contributed by atoms with Crippen LogP contribution >= 0.6 is 11.6 Å². The normalized spacial score (nSPS) is 14.8.